The highest BCUT2D eigenvalue weighted by Gasteiger charge is 2.19. The highest BCUT2D eigenvalue weighted by molar-refractivity contribution is 5.71. The lowest BCUT2D eigenvalue weighted by Crippen LogP contribution is -2.30. The first-order valence-electron chi connectivity index (χ1n) is 33.5. The normalized spacial score (nSPS) is 12.2. The van der Waals surface area contributed by atoms with Crippen molar-refractivity contribution in [2.75, 3.05) is 13.2 Å². The van der Waals surface area contributed by atoms with Gasteiger partial charge in [-0.2, -0.15) is 0 Å². The molecule has 1 unspecified atom stereocenters. The van der Waals surface area contributed by atoms with E-state index in [0.29, 0.717) is 19.3 Å². The van der Waals surface area contributed by atoms with Crippen LogP contribution >= 0.6 is 0 Å². The molecule has 0 heterocycles. The monoisotopic (exact) mass is 1050 g/mol. The fourth-order valence-corrected chi connectivity index (χ4v) is 10.0. The average molecular weight is 1050 g/mol. The number of allylic oxidation sites excluding steroid dienone is 6. The lowest BCUT2D eigenvalue weighted by atomic mass is 10.0. The third-order valence-electron chi connectivity index (χ3n) is 15.1. The molecule has 6 nitrogen and oxygen atoms in total. The molecular weight excluding hydrogens is 925 g/mol. The van der Waals surface area contributed by atoms with Gasteiger partial charge in [0.15, 0.2) is 6.10 Å². The first-order valence-corrected chi connectivity index (χ1v) is 33.5. The number of rotatable bonds is 62. The number of ether oxygens (including phenoxy) is 3. The van der Waals surface area contributed by atoms with Crippen LogP contribution < -0.4 is 0 Å². The van der Waals surface area contributed by atoms with Crippen LogP contribution in [-0.4, -0.2) is 37.2 Å². The van der Waals surface area contributed by atoms with Gasteiger partial charge in [0, 0.05) is 19.3 Å². The molecule has 0 aliphatic heterocycles. The summed E-state index contributed by atoms with van der Waals surface area (Å²) >= 11 is 0. The Bertz CT molecular complexity index is 1250. The summed E-state index contributed by atoms with van der Waals surface area (Å²) in [6.07, 6.45) is 79.2. The Morgan fingerprint density at radius 3 is 0.787 bits per heavy atom. The number of carbonyl (C=O) groups is 3. The first-order chi connectivity index (χ1) is 37.0. The van der Waals surface area contributed by atoms with E-state index in [2.05, 4.69) is 57.2 Å². The molecule has 1 atom stereocenters. The fourth-order valence-electron chi connectivity index (χ4n) is 10.0. The SMILES string of the molecule is CCCC/C=C\C/C=C\CCCCCCCC(=O)OC(COC(=O)CCCCCCCCCC)COC(=O)CCCCCCCCCCCCCCCCCCCCCCCCC/C=C\CCCCCCCCCC. The Morgan fingerprint density at radius 1 is 0.267 bits per heavy atom. The highest BCUT2D eigenvalue weighted by Crippen LogP contribution is 2.18. The molecule has 0 amide bonds. The van der Waals surface area contributed by atoms with Crippen LogP contribution in [-0.2, 0) is 28.6 Å². The molecule has 0 aromatic carbocycles. The molecule has 0 aromatic rings. The van der Waals surface area contributed by atoms with E-state index < -0.39 is 6.10 Å². The summed E-state index contributed by atoms with van der Waals surface area (Å²) in [5, 5.41) is 0. The van der Waals surface area contributed by atoms with Gasteiger partial charge >= 0.3 is 17.9 Å². The summed E-state index contributed by atoms with van der Waals surface area (Å²) in [6.45, 7) is 6.60. The van der Waals surface area contributed by atoms with Crippen molar-refractivity contribution >= 4 is 17.9 Å². The molecule has 6 heteroatoms. The topological polar surface area (TPSA) is 78.9 Å². The van der Waals surface area contributed by atoms with E-state index in [1.54, 1.807) is 0 Å². The minimum atomic E-state index is -0.774. The summed E-state index contributed by atoms with van der Waals surface area (Å²) in [5.74, 6) is -0.873. The zero-order valence-electron chi connectivity index (χ0n) is 50.6. The van der Waals surface area contributed by atoms with Crippen LogP contribution in [0.15, 0.2) is 36.5 Å². The van der Waals surface area contributed by atoms with Crippen molar-refractivity contribution in [3.05, 3.63) is 36.5 Å². The molecule has 0 rings (SSSR count). The van der Waals surface area contributed by atoms with Crippen LogP contribution in [0.3, 0.4) is 0 Å². The van der Waals surface area contributed by atoms with E-state index in [-0.39, 0.29) is 31.1 Å². The zero-order chi connectivity index (χ0) is 54.3. The molecule has 440 valence electrons. The van der Waals surface area contributed by atoms with Gasteiger partial charge in [0.25, 0.3) is 0 Å². The molecular formula is C69H128O6. The zero-order valence-corrected chi connectivity index (χ0v) is 50.6. The Hall–Kier alpha value is -2.37. The third kappa shape index (κ3) is 62.4. The van der Waals surface area contributed by atoms with Crippen LogP contribution in [0.2, 0.25) is 0 Å². The van der Waals surface area contributed by atoms with Gasteiger partial charge in [0.05, 0.1) is 0 Å². The maximum atomic E-state index is 12.8. The summed E-state index contributed by atoms with van der Waals surface area (Å²) in [7, 11) is 0. The molecule has 0 saturated carbocycles. The Labute approximate surface area is 467 Å². The molecule has 0 aliphatic rings. The quantitative estimate of drug-likeness (QED) is 0.0261. The van der Waals surface area contributed by atoms with E-state index in [9.17, 15) is 14.4 Å². The van der Waals surface area contributed by atoms with Crippen molar-refractivity contribution in [3.8, 4) is 0 Å². The molecule has 0 aromatic heterocycles. The van der Waals surface area contributed by atoms with Crippen molar-refractivity contribution in [1.82, 2.24) is 0 Å². The maximum Gasteiger partial charge on any atom is 0.306 e. The van der Waals surface area contributed by atoms with Crippen LogP contribution in [0, 0.1) is 0 Å². The number of hydrogen-bond acceptors (Lipinski definition) is 6. The predicted octanol–water partition coefficient (Wildman–Crippen LogP) is 22.8. The van der Waals surface area contributed by atoms with Gasteiger partial charge in [0.1, 0.15) is 13.2 Å². The van der Waals surface area contributed by atoms with Gasteiger partial charge < -0.3 is 14.2 Å². The standard InChI is InChI=1S/C69H128O6/c1-4-7-10-13-16-19-21-23-25-26-27-28-29-30-31-32-33-34-35-36-37-38-39-40-41-42-43-44-45-47-48-50-53-56-59-62-68(71)74-65-66(64-73-67(70)61-58-55-52-18-15-12-9-6-3)75-69(72)63-60-57-54-51-49-46-24-22-20-17-14-11-8-5-2/h14,17,22,24,26-27,66H,4-13,15-16,18-21,23,25,28-65H2,1-3H3/b17-14-,24-22-,27-26-. The van der Waals surface area contributed by atoms with Gasteiger partial charge in [-0.1, -0.05) is 314 Å². The largest absolute Gasteiger partial charge is 0.462 e. The molecule has 0 bridgehead atoms. The van der Waals surface area contributed by atoms with Gasteiger partial charge in [-0.3, -0.25) is 14.4 Å². The second-order valence-electron chi connectivity index (χ2n) is 22.7. The Kier molecular flexibility index (Phi) is 62.1. The molecule has 0 N–H and O–H groups in total. The van der Waals surface area contributed by atoms with Gasteiger partial charge in [-0.05, 0) is 70.6 Å². The molecule has 0 spiro atoms. The minimum absolute atomic E-state index is 0.0732. The number of unbranched alkanes of at least 4 members (excludes halogenated alkanes) is 45. The second-order valence-corrected chi connectivity index (χ2v) is 22.7. The van der Waals surface area contributed by atoms with Crippen LogP contribution in [0.25, 0.3) is 0 Å². The second kappa shape index (κ2) is 64.2. The Balaban J connectivity index is 3.92. The molecule has 0 radical (unpaired) electrons. The van der Waals surface area contributed by atoms with Crippen molar-refractivity contribution in [2.24, 2.45) is 0 Å². The minimum Gasteiger partial charge on any atom is -0.462 e. The van der Waals surface area contributed by atoms with Gasteiger partial charge in [-0.25, -0.2) is 0 Å². The number of esters is 3. The summed E-state index contributed by atoms with van der Waals surface area (Å²) in [5.41, 5.74) is 0. The van der Waals surface area contributed by atoms with Gasteiger partial charge in [0.2, 0.25) is 0 Å². The summed E-state index contributed by atoms with van der Waals surface area (Å²) in [4.78, 5) is 38.0. The third-order valence-corrected chi connectivity index (χ3v) is 15.1. The van der Waals surface area contributed by atoms with Crippen molar-refractivity contribution in [1.29, 1.82) is 0 Å². The lowest BCUT2D eigenvalue weighted by Gasteiger charge is -2.18. The highest BCUT2D eigenvalue weighted by atomic mass is 16.6. The predicted molar refractivity (Wildman–Crippen MR) is 326 cm³/mol. The summed E-state index contributed by atoms with van der Waals surface area (Å²) < 4.78 is 16.8. The molecule has 0 aliphatic carbocycles. The average Bonchev–Trinajstić information content (AvgIpc) is 3.41. The van der Waals surface area contributed by atoms with Crippen LogP contribution in [0.5, 0.6) is 0 Å². The fraction of sp³-hybridized carbons (Fsp3) is 0.870. The molecule has 75 heavy (non-hydrogen) atoms. The lowest BCUT2D eigenvalue weighted by molar-refractivity contribution is -0.167. The van der Waals surface area contributed by atoms with Crippen molar-refractivity contribution < 1.29 is 28.6 Å². The van der Waals surface area contributed by atoms with Crippen molar-refractivity contribution in [2.45, 2.75) is 374 Å². The van der Waals surface area contributed by atoms with E-state index >= 15 is 0 Å². The van der Waals surface area contributed by atoms with Crippen molar-refractivity contribution in [3.63, 3.8) is 0 Å². The molecule has 0 fully saturated rings. The van der Waals surface area contributed by atoms with Crippen LogP contribution in [0.4, 0.5) is 0 Å². The van der Waals surface area contributed by atoms with E-state index in [0.717, 1.165) is 83.5 Å². The number of carbonyl (C=O) groups excluding carboxylic acids is 3. The first kappa shape index (κ1) is 72.6. The van der Waals surface area contributed by atoms with E-state index in [1.165, 1.54) is 244 Å². The summed E-state index contributed by atoms with van der Waals surface area (Å²) in [6, 6.07) is 0. The Morgan fingerprint density at radius 2 is 0.493 bits per heavy atom. The number of hydrogen-bond donors (Lipinski definition) is 0. The maximum absolute atomic E-state index is 12.8. The smallest absolute Gasteiger partial charge is 0.306 e. The van der Waals surface area contributed by atoms with Gasteiger partial charge in [-0.15, -0.1) is 0 Å². The van der Waals surface area contributed by atoms with E-state index in [4.69, 9.17) is 14.2 Å². The molecule has 0 saturated heterocycles. The van der Waals surface area contributed by atoms with Crippen LogP contribution in [0.1, 0.15) is 367 Å². The van der Waals surface area contributed by atoms with E-state index in [1.807, 2.05) is 0 Å².